The minimum absolute atomic E-state index is 0.0404. The monoisotopic (exact) mass is 255 g/mol. The van der Waals surface area contributed by atoms with Crippen LogP contribution in [0.3, 0.4) is 0 Å². The first-order valence-corrected chi connectivity index (χ1v) is 6.49. The lowest BCUT2D eigenvalue weighted by Crippen LogP contribution is -2.21. The average Bonchev–Trinajstić information content (AvgIpc) is 3.07. The predicted molar refractivity (Wildman–Crippen MR) is 75.0 cm³/mol. The summed E-state index contributed by atoms with van der Waals surface area (Å²) in [5, 5.41) is 4.46. The van der Waals surface area contributed by atoms with Gasteiger partial charge in [0, 0.05) is 29.9 Å². The van der Waals surface area contributed by atoms with Gasteiger partial charge in [-0.05, 0) is 20.0 Å². The molecular weight excluding hydrogens is 238 g/mol. The van der Waals surface area contributed by atoms with Crippen molar-refractivity contribution >= 4 is 11.0 Å². The summed E-state index contributed by atoms with van der Waals surface area (Å²) in [6, 6.07) is 8.12. The zero-order valence-electron chi connectivity index (χ0n) is 11.1. The molecule has 0 spiro atoms. The van der Waals surface area contributed by atoms with E-state index in [1.807, 2.05) is 43.9 Å². The summed E-state index contributed by atoms with van der Waals surface area (Å²) in [7, 11) is 1.95. The van der Waals surface area contributed by atoms with E-state index in [4.69, 9.17) is 4.42 Å². The molecular formula is C15H17N3O. The molecule has 0 aliphatic heterocycles. The molecule has 0 saturated heterocycles. The Morgan fingerprint density at radius 3 is 3.00 bits per heavy atom. The minimum atomic E-state index is 0.0404. The number of para-hydroxylation sites is 1. The molecule has 0 bridgehead atoms. The minimum Gasteiger partial charge on any atom is -0.464 e. The number of nitrogens with zero attached hydrogens (tertiary/aromatic N) is 2. The molecule has 0 radical (unpaired) electrons. The lowest BCUT2D eigenvalue weighted by atomic mass is 10.1. The molecule has 0 aliphatic rings. The van der Waals surface area contributed by atoms with E-state index in [0.717, 1.165) is 28.9 Å². The highest BCUT2D eigenvalue weighted by Crippen LogP contribution is 2.29. The van der Waals surface area contributed by atoms with Crippen LogP contribution >= 0.6 is 0 Å². The van der Waals surface area contributed by atoms with Crippen LogP contribution < -0.4 is 5.32 Å². The zero-order valence-corrected chi connectivity index (χ0v) is 11.1. The highest BCUT2D eigenvalue weighted by Gasteiger charge is 2.21. The van der Waals surface area contributed by atoms with Gasteiger partial charge in [-0.15, -0.1) is 0 Å². The number of furan rings is 1. The molecule has 1 atom stereocenters. The van der Waals surface area contributed by atoms with Gasteiger partial charge < -0.3 is 14.3 Å². The van der Waals surface area contributed by atoms with Crippen LogP contribution in [0.15, 0.2) is 47.3 Å². The first kappa shape index (κ1) is 12.0. The maximum atomic E-state index is 5.63. The Hall–Kier alpha value is -2.07. The van der Waals surface area contributed by atoms with Gasteiger partial charge >= 0.3 is 0 Å². The van der Waals surface area contributed by atoms with Crippen molar-refractivity contribution in [2.45, 2.75) is 19.5 Å². The van der Waals surface area contributed by atoms with Crippen LogP contribution in [0, 0.1) is 0 Å². The van der Waals surface area contributed by atoms with Crippen molar-refractivity contribution in [3.8, 4) is 0 Å². The van der Waals surface area contributed by atoms with E-state index in [1.54, 1.807) is 0 Å². The summed E-state index contributed by atoms with van der Waals surface area (Å²) < 4.78 is 7.77. The van der Waals surface area contributed by atoms with Crippen molar-refractivity contribution in [1.29, 1.82) is 0 Å². The number of nitrogens with one attached hydrogen (secondary N) is 1. The molecule has 3 rings (SSSR count). The lowest BCUT2D eigenvalue weighted by molar-refractivity contribution is 0.567. The van der Waals surface area contributed by atoms with Crippen LogP contribution in [0.1, 0.15) is 24.4 Å². The van der Waals surface area contributed by atoms with Crippen molar-refractivity contribution in [3.05, 3.63) is 54.3 Å². The molecule has 1 aromatic carbocycles. The molecule has 0 amide bonds. The van der Waals surface area contributed by atoms with Gasteiger partial charge in [-0.1, -0.05) is 18.2 Å². The second-order valence-electron chi connectivity index (χ2n) is 4.48. The molecule has 2 heterocycles. The van der Waals surface area contributed by atoms with Crippen LogP contribution in [0.25, 0.3) is 11.0 Å². The van der Waals surface area contributed by atoms with Crippen molar-refractivity contribution in [3.63, 3.8) is 0 Å². The highest BCUT2D eigenvalue weighted by molar-refractivity contribution is 5.81. The third-order valence-corrected chi connectivity index (χ3v) is 3.46. The molecule has 1 N–H and O–H groups in total. The van der Waals surface area contributed by atoms with Gasteiger partial charge in [-0.2, -0.15) is 0 Å². The summed E-state index contributed by atoms with van der Waals surface area (Å²) >= 11 is 0. The number of aryl methyl sites for hydroxylation is 1. The van der Waals surface area contributed by atoms with E-state index in [2.05, 4.69) is 27.9 Å². The quantitative estimate of drug-likeness (QED) is 0.779. The Morgan fingerprint density at radius 2 is 2.21 bits per heavy atom. The molecule has 4 heteroatoms. The van der Waals surface area contributed by atoms with Gasteiger partial charge in [-0.25, -0.2) is 4.98 Å². The maximum absolute atomic E-state index is 5.63. The normalized spacial score (nSPS) is 12.9. The zero-order chi connectivity index (χ0) is 13.2. The lowest BCUT2D eigenvalue weighted by Gasteiger charge is -2.16. The number of rotatable bonds is 4. The maximum Gasteiger partial charge on any atom is 0.134 e. The van der Waals surface area contributed by atoms with Crippen molar-refractivity contribution < 1.29 is 4.42 Å². The SMILES string of the molecule is CCn1ccnc1C(NC)c1coc2ccccc12. The van der Waals surface area contributed by atoms with Crippen LogP contribution in [0.5, 0.6) is 0 Å². The molecule has 0 aliphatic carbocycles. The predicted octanol–water partition coefficient (Wildman–Crippen LogP) is 2.96. The van der Waals surface area contributed by atoms with E-state index < -0.39 is 0 Å². The fraction of sp³-hybridized carbons (Fsp3) is 0.267. The molecule has 19 heavy (non-hydrogen) atoms. The van der Waals surface area contributed by atoms with Gasteiger partial charge in [0.15, 0.2) is 0 Å². The summed E-state index contributed by atoms with van der Waals surface area (Å²) in [6.45, 7) is 3.02. The Bertz CT molecular complexity index is 683. The van der Waals surface area contributed by atoms with E-state index in [0.29, 0.717) is 0 Å². The van der Waals surface area contributed by atoms with E-state index in [-0.39, 0.29) is 6.04 Å². The van der Waals surface area contributed by atoms with Crippen LogP contribution in [-0.4, -0.2) is 16.6 Å². The Kier molecular flexibility index (Phi) is 3.09. The largest absolute Gasteiger partial charge is 0.464 e. The van der Waals surface area contributed by atoms with E-state index in [9.17, 15) is 0 Å². The van der Waals surface area contributed by atoms with Crippen molar-refractivity contribution in [2.75, 3.05) is 7.05 Å². The number of imidazole rings is 1. The number of benzene rings is 1. The Labute approximate surface area is 112 Å². The van der Waals surface area contributed by atoms with Gasteiger partial charge in [0.05, 0.1) is 12.3 Å². The smallest absolute Gasteiger partial charge is 0.134 e. The topological polar surface area (TPSA) is 43.0 Å². The Morgan fingerprint density at radius 1 is 1.37 bits per heavy atom. The number of hydrogen-bond donors (Lipinski definition) is 1. The van der Waals surface area contributed by atoms with Crippen LogP contribution in [0.4, 0.5) is 0 Å². The van der Waals surface area contributed by atoms with E-state index in [1.165, 1.54) is 0 Å². The first-order chi connectivity index (χ1) is 9.35. The first-order valence-electron chi connectivity index (χ1n) is 6.49. The van der Waals surface area contributed by atoms with Gasteiger partial charge in [-0.3, -0.25) is 0 Å². The molecule has 3 aromatic rings. The summed E-state index contributed by atoms with van der Waals surface area (Å²) in [5.74, 6) is 1.01. The Balaban J connectivity index is 2.12. The number of fused-ring (bicyclic) bond motifs is 1. The summed E-state index contributed by atoms with van der Waals surface area (Å²) in [6.07, 6.45) is 5.66. The van der Waals surface area contributed by atoms with Crippen LogP contribution in [0.2, 0.25) is 0 Å². The molecule has 2 aromatic heterocycles. The molecule has 0 saturated carbocycles. The van der Waals surface area contributed by atoms with Gasteiger partial charge in [0.1, 0.15) is 11.4 Å². The second-order valence-corrected chi connectivity index (χ2v) is 4.48. The third-order valence-electron chi connectivity index (χ3n) is 3.46. The second kappa shape index (κ2) is 4.90. The molecule has 98 valence electrons. The highest BCUT2D eigenvalue weighted by atomic mass is 16.3. The molecule has 4 nitrogen and oxygen atoms in total. The summed E-state index contributed by atoms with van der Waals surface area (Å²) in [4.78, 5) is 4.48. The van der Waals surface area contributed by atoms with Crippen molar-refractivity contribution in [1.82, 2.24) is 14.9 Å². The third kappa shape index (κ3) is 1.94. The fourth-order valence-corrected chi connectivity index (χ4v) is 2.49. The summed E-state index contributed by atoms with van der Waals surface area (Å²) in [5.41, 5.74) is 2.03. The van der Waals surface area contributed by atoms with Gasteiger partial charge in [0.2, 0.25) is 0 Å². The van der Waals surface area contributed by atoms with E-state index >= 15 is 0 Å². The standard InChI is InChI=1S/C15H17N3O/c1-3-18-9-8-17-15(18)14(16-2)12-10-19-13-7-5-4-6-11(12)13/h4-10,14,16H,3H2,1-2H3. The number of hydrogen-bond acceptors (Lipinski definition) is 3. The van der Waals surface area contributed by atoms with Gasteiger partial charge in [0.25, 0.3) is 0 Å². The van der Waals surface area contributed by atoms with Crippen molar-refractivity contribution in [2.24, 2.45) is 0 Å². The molecule has 1 unspecified atom stereocenters. The van der Waals surface area contributed by atoms with Crippen LogP contribution in [-0.2, 0) is 6.54 Å². The number of aromatic nitrogens is 2. The average molecular weight is 255 g/mol. The molecule has 0 fully saturated rings. The fourth-order valence-electron chi connectivity index (χ4n) is 2.49.